The predicted octanol–water partition coefficient (Wildman–Crippen LogP) is 1.36. The number of hydrogen-bond donors (Lipinski definition) is 3. The highest BCUT2D eigenvalue weighted by Crippen LogP contribution is 2.21. The molecule has 2 rings (SSSR count). The summed E-state index contributed by atoms with van der Waals surface area (Å²) in [5.74, 6) is 0.0217. The van der Waals surface area contributed by atoms with Crippen molar-refractivity contribution in [2.45, 2.75) is 49.1 Å². The number of aliphatic hydroxyl groups is 1. The Hall–Kier alpha value is -1.11. The van der Waals surface area contributed by atoms with Crippen molar-refractivity contribution in [1.29, 1.82) is 0 Å². The van der Waals surface area contributed by atoms with Gasteiger partial charge in [-0.2, -0.15) is 0 Å². The first-order valence-corrected chi connectivity index (χ1v) is 7.97. The van der Waals surface area contributed by atoms with Crippen LogP contribution in [0.2, 0.25) is 0 Å². The van der Waals surface area contributed by atoms with E-state index in [0.29, 0.717) is 12.8 Å². The van der Waals surface area contributed by atoms with E-state index in [1.165, 1.54) is 24.3 Å². The molecule has 6 heteroatoms. The molecule has 0 heterocycles. The van der Waals surface area contributed by atoms with Crippen LogP contribution in [0.25, 0.3) is 0 Å². The Balaban J connectivity index is 2.13. The molecule has 19 heavy (non-hydrogen) atoms. The van der Waals surface area contributed by atoms with Gasteiger partial charge in [-0.25, -0.2) is 13.1 Å². The Kier molecular flexibility index (Phi) is 4.44. The second-order valence-corrected chi connectivity index (χ2v) is 6.64. The summed E-state index contributed by atoms with van der Waals surface area (Å²) in [6, 6.07) is 4.93. The van der Waals surface area contributed by atoms with Gasteiger partial charge in [0.15, 0.2) is 0 Å². The van der Waals surface area contributed by atoms with E-state index in [9.17, 15) is 13.5 Å². The lowest BCUT2D eigenvalue weighted by Crippen LogP contribution is -2.42. The van der Waals surface area contributed by atoms with Gasteiger partial charge in [0.25, 0.3) is 0 Å². The molecule has 1 aliphatic carbocycles. The van der Waals surface area contributed by atoms with Crippen LogP contribution < -0.4 is 4.72 Å². The summed E-state index contributed by atoms with van der Waals surface area (Å²) in [5.41, 5.74) is 0. The maximum atomic E-state index is 12.2. The third kappa shape index (κ3) is 3.68. The monoisotopic (exact) mass is 285 g/mol. The second kappa shape index (κ2) is 5.90. The maximum absolute atomic E-state index is 12.2. The van der Waals surface area contributed by atoms with Crippen LogP contribution in [0.4, 0.5) is 0 Å². The van der Waals surface area contributed by atoms with Crippen molar-refractivity contribution in [3.8, 4) is 5.75 Å². The minimum Gasteiger partial charge on any atom is -0.508 e. The summed E-state index contributed by atoms with van der Waals surface area (Å²) in [6.45, 7) is 0. The number of aromatic hydroxyl groups is 1. The molecular weight excluding hydrogens is 266 g/mol. The van der Waals surface area contributed by atoms with E-state index in [1.807, 2.05) is 0 Å². The summed E-state index contributed by atoms with van der Waals surface area (Å²) in [4.78, 5) is 0.0988. The van der Waals surface area contributed by atoms with Crippen molar-refractivity contribution in [1.82, 2.24) is 4.72 Å². The Bertz CT molecular complexity index is 512. The van der Waals surface area contributed by atoms with Crippen LogP contribution in [0.3, 0.4) is 0 Å². The third-order valence-electron chi connectivity index (χ3n) is 3.43. The van der Waals surface area contributed by atoms with Gasteiger partial charge in [0.2, 0.25) is 10.0 Å². The van der Waals surface area contributed by atoms with Gasteiger partial charge < -0.3 is 10.2 Å². The van der Waals surface area contributed by atoms with Crippen LogP contribution >= 0.6 is 0 Å². The van der Waals surface area contributed by atoms with Crippen LogP contribution in [0, 0.1) is 0 Å². The summed E-state index contributed by atoms with van der Waals surface area (Å²) in [7, 11) is -3.65. The largest absolute Gasteiger partial charge is 0.508 e. The Labute approximate surface area is 113 Å². The first-order chi connectivity index (χ1) is 8.99. The van der Waals surface area contributed by atoms with Crippen molar-refractivity contribution in [3.05, 3.63) is 24.3 Å². The topological polar surface area (TPSA) is 86.6 Å². The van der Waals surface area contributed by atoms with Crippen LogP contribution in [0.15, 0.2) is 29.2 Å². The SMILES string of the molecule is O=S(=O)(NC1CCCCCC1O)c1ccc(O)cc1. The highest BCUT2D eigenvalue weighted by atomic mass is 32.2. The number of sulfonamides is 1. The van der Waals surface area contributed by atoms with Crippen molar-refractivity contribution < 1.29 is 18.6 Å². The Morgan fingerprint density at radius 3 is 2.37 bits per heavy atom. The molecule has 0 spiro atoms. The Morgan fingerprint density at radius 2 is 1.68 bits per heavy atom. The number of aliphatic hydroxyl groups excluding tert-OH is 1. The number of nitrogens with one attached hydrogen (secondary N) is 1. The average molecular weight is 285 g/mol. The fourth-order valence-corrected chi connectivity index (χ4v) is 3.62. The molecule has 0 bridgehead atoms. The fourth-order valence-electron chi connectivity index (χ4n) is 2.32. The number of phenolic OH excluding ortho intramolecular Hbond substituents is 1. The summed E-state index contributed by atoms with van der Waals surface area (Å²) >= 11 is 0. The van der Waals surface area contributed by atoms with Crippen molar-refractivity contribution in [2.24, 2.45) is 0 Å². The predicted molar refractivity (Wildman–Crippen MR) is 71.3 cm³/mol. The lowest BCUT2D eigenvalue weighted by atomic mass is 10.1. The van der Waals surface area contributed by atoms with E-state index in [2.05, 4.69) is 4.72 Å². The quantitative estimate of drug-likeness (QED) is 0.732. The Morgan fingerprint density at radius 1 is 1.05 bits per heavy atom. The number of phenols is 1. The van der Waals surface area contributed by atoms with Gasteiger partial charge in [-0.05, 0) is 37.1 Å². The molecule has 3 N–H and O–H groups in total. The zero-order valence-corrected chi connectivity index (χ0v) is 11.4. The van der Waals surface area contributed by atoms with Gasteiger partial charge in [0.05, 0.1) is 11.0 Å². The lowest BCUT2D eigenvalue weighted by Gasteiger charge is -2.21. The molecule has 2 atom stereocenters. The molecule has 5 nitrogen and oxygen atoms in total. The van der Waals surface area contributed by atoms with Gasteiger partial charge >= 0.3 is 0 Å². The molecule has 1 saturated carbocycles. The maximum Gasteiger partial charge on any atom is 0.240 e. The van der Waals surface area contributed by atoms with Gasteiger partial charge in [0.1, 0.15) is 5.75 Å². The van der Waals surface area contributed by atoms with Gasteiger partial charge in [-0.15, -0.1) is 0 Å². The molecule has 1 aromatic rings. The summed E-state index contributed by atoms with van der Waals surface area (Å²) < 4.78 is 26.9. The molecule has 1 aromatic carbocycles. The van der Waals surface area contributed by atoms with E-state index >= 15 is 0 Å². The summed E-state index contributed by atoms with van der Waals surface area (Å²) in [5, 5.41) is 19.1. The molecule has 1 aliphatic rings. The highest BCUT2D eigenvalue weighted by Gasteiger charge is 2.26. The number of benzene rings is 1. The molecule has 0 radical (unpaired) electrons. The molecule has 0 aliphatic heterocycles. The number of hydrogen-bond acceptors (Lipinski definition) is 4. The standard InChI is InChI=1S/C13H19NO4S/c15-10-6-8-11(9-7-10)19(17,18)14-12-4-2-1-3-5-13(12)16/h6-9,12-16H,1-5H2. The molecular formula is C13H19NO4S. The highest BCUT2D eigenvalue weighted by molar-refractivity contribution is 7.89. The number of rotatable bonds is 3. The van der Waals surface area contributed by atoms with E-state index in [-0.39, 0.29) is 10.6 Å². The third-order valence-corrected chi connectivity index (χ3v) is 4.94. The average Bonchev–Trinajstić information content (AvgIpc) is 2.55. The fraction of sp³-hybridized carbons (Fsp3) is 0.538. The minimum absolute atomic E-state index is 0.0217. The summed E-state index contributed by atoms with van der Waals surface area (Å²) in [6.07, 6.45) is 3.52. The minimum atomic E-state index is -3.65. The van der Waals surface area contributed by atoms with Gasteiger partial charge in [0, 0.05) is 6.04 Å². The first kappa shape index (κ1) is 14.3. The van der Waals surface area contributed by atoms with Crippen LogP contribution in [0.1, 0.15) is 32.1 Å². The van der Waals surface area contributed by atoms with Crippen molar-refractivity contribution >= 4 is 10.0 Å². The van der Waals surface area contributed by atoms with Gasteiger partial charge in [-0.3, -0.25) is 0 Å². The molecule has 106 valence electrons. The molecule has 0 saturated heterocycles. The van der Waals surface area contributed by atoms with Gasteiger partial charge in [-0.1, -0.05) is 19.3 Å². The molecule has 2 unspecified atom stereocenters. The zero-order chi connectivity index (χ0) is 13.9. The smallest absolute Gasteiger partial charge is 0.240 e. The van der Waals surface area contributed by atoms with Crippen molar-refractivity contribution in [3.63, 3.8) is 0 Å². The first-order valence-electron chi connectivity index (χ1n) is 6.48. The van der Waals surface area contributed by atoms with Crippen LogP contribution in [0.5, 0.6) is 5.75 Å². The van der Waals surface area contributed by atoms with Crippen LogP contribution in [-0.2, 0) is 10.0 Å². The lowest BCUT2D eigenvalue weighted by molar-refractivity contribution is 0.130. The second-order valence-electron chi connectivity index (χ2n) is 4.93. The normalized spacial score (nSPS) is 24.9. The molecule has 1 fully saturated rings. The molecule has 0 amide bonds. The van der Waals surface area contributed by atoms with E-state index in [1.54, 1.807) is 0 Å². The zero-order valence-electron chi connectivity index (χ0n) is 10.6. The van der Waals surface area contributed by atoms with E-state index in [4.69, 9.17) is 5.11 Å². The van der Waals surface area contributed by atoms with Crippen molar-refractivity contribution in [2.75, 3.05) is 0 Å². The van der Waals surface area contributed by atoms with E-state index < -0.39 is 22.2 Å². The van der Waals surface area contributed by atoms with Crippen LogP contribution in [-0.4, -0.2) is 30.8 Å². The van der Waals surface area contributed by atoms with E-state index in [0.717, 1.165) is 19.3 Å². The molecule has 0 aromatic heterocycles.